The van der Waals surface area contributed by atoms with E-state index in [0.717, 1.165) is 43.2 Å². The highest BCUT2D eigenvalue weighted by molar-refractivity contribution is 6.00. The van der Waals surface area contributed by atoms with Gasteiger partial charge in [0, 0.05) is 57.3 Å². The van der Waals surface area contributed by atoms with Crippen LogP contribution in [0, 0.1) is 11.8 Å². The van der Waals surface area contributed by atoms with E-state index in [-0.39, 0.29) is 41.9 Å². The van der Waals surface area contributed by atoms with Crippen LogP contribution in [0.25, 0.3) is 0 Å². The molecule has 1 aromatic heterocycles. The van der Waals surface area contributed by atoms with Crippen LogP contribution in [0.5, 0.6) is 0 Å². The molecule has 12 heteroatoms. The Balaban J connectivity index is 1.30. The van der Waals surface area contributed by atoms with Crippen molar-refractivity contribution in [2.45, 2.75) is 103 Å². The van der Waals surface area contributed by atoms with Gasteiger partial charge in [-0.15, -0.1) is 0 Å². The molecule has 3 unspecified atom stereocenters. The number of ketones is 1. The smallest absolute Gasteiger partial charge is 0.410 e. The Morgan fingerprint density at radius 1 is 0.907 bits per heavy atom. The number of carbonyl (C=O) groups excluding carboxylic acids is 5. The number of aromatic nitrogens is 2. The predicted octanol–water partition coefficient (Wildman–Crippen LogP) is 5.96. The lowest BCUT2D eigenvalue weighted by atomic mass is 9.83. The maximum Gasteiger partial charge on any atom is 0.410 e. The van der Waals surface area contributed by atoms with E-state index in [4.69, 9.17) is 4.74 Å². The van der Waals surface area contributed by atoms with Crippen LogP contribution in [0.4, 0.5) is 10.5 Å². The molecule has 1 aliphatic heterocycles. The van der Waals surface area contributed by atoms with E-state index in [1.807, 2.05) is 68.1 Å². The molecular formula is C42H56N6O6. The molecule has 0 radical (unpaired) electrons. The zero-order chi connectivity index (χ0) is 38.8. The van der Waals surface area contributed by atoms with E-state index < -0.39 is 23.7 Å². The number of ether oxygens (including phenoxy) is 1. The van der Waals surface area contributed by atoms with E-state index in [0.29, 0.717) is 50.3 Å². The molecule has 4 amide bonds. The number of piperazine rings is 1. The number of hydrogen-bond donors (Lipinski definition) is 2. The fourth-order valence-electron chi connectivity index (χ4n) is 7.50. The minimum absolute atomic E-state index is 0.00570. The van der Waals surface area contributed by atoms with Gasteiger partial charge >= 0.3 is 6.09 Å². The quantitative estimate of drug-likeness (QED) is 0.220. The fourth-order valence-corrected chi connectivity index (χ4v) is 7.50. The van der Waals surface area contributed by atoms with Crippen molar-refractivity contribution in [1.29, 1.82) is 0 Å². The van der Waals surface area contributed by atoms with Gasteiger partial charge in [0.2, 0.25) is 11.8 Å². The third-order valence-electron chi connectivity index (χ3n) is 10.4. The monoisotopic (exact) mass is 740 g/mol. The third-order valence-corrected chi connectivity index (χ3v) is 10.4. The first kappa shape index (κ1) is 40.2. The Morgan fingerprint density at radius 3 is 2.24 bits per heavy atom. The van der Waals surface area contributed by atoms with Crippen molar-refractivity contribution in [2.24, 2.45) is 18.9 Å². The largest absolute Gasteiger partial charge is 0.444 e. The normalized spacial score (nSPS) is 17.7. The van der Waals surface area contributed by atoms with Crippen LogP contribution in [0.3, 0.4) is 0 Å². The zero-order valence-electron chi connectivity index (χ0n) is 32.4. The average Bonchev–Trinajstić information content (AvgIpc) is 3.59. The molecule has 1 aliphatic carbocycles. The number of hydrogen-bond acceptors (Lipinski definition) is 7. The number of nitrogens with one attached hydrogen (secondary N) is 2. The molecule has 54 heavy (non-hydrogen) atoms. The Labute approximate surface area is 319 Å². The second-order valence-corrected chi connectivity index (χ2v) is 15.7. The zero-order valence-corrected chi connectivity index (χ0v) is 32.4. The van der Waals surface area contributed by atoms with Crippen molar-refractivity contribution in [3.05, 3.63) is 83.7 Å². The Bertz CT molecular complexity index is 1740. The van der Waals surface area contributed by atoms with Crippen molar-refractivity contribution in [2.75, 3.05) is 25.0 Å². The molecule has 2 aliphatic rings. The summed E-state index contributed by atoms with van der Waals surface area (Å²) in [5.74, 6) is -1.30. The summed E-state index contributed by atoms with van der Waals surface area (Å²) in [7, 11) is 1.69. The highest BCUT2D eigenvalue weighted by Gasteiger charge is 2.38. The molecule has 290 valence electrons. The molecule has 0 bridgehead atoms. The van der Waals surface area contributed by atoms with Gasteiger partial charge in [-0.3, -0.25) is 23.9 Å². The SMILES string of the molecule is CCC(=O)CC(Cc1ccc(NC(=O)C(NC(=O)c2ccnn2C)C2CCCCC2)cc1)C(=O)N1CCN(C(=O)OC(C)(C)C)CC1Cc1ccccc1. The van der Waals surface area contributed by atoms with Gasteiger partial charge in [-0.1, -0.05) is 68.7 Å². The number of rotatable bonds is 13. The van der Waals surface area contributed by atoms with Gasteiger partial charge in [0.15, 0.2) is 0 Å². The highest BCUT2D eigenvalue weighted by atomic mass is 16.6. The molecule has 3 aromatic rings. The summed E-state index contributed by atoms with van der Waals surface area (Å²) in [6, 6.07) is 17.9. The van der Waals surface area contributed by atoms with Gasteiger partial charge < -0.3 is 25.2 Å². The highest BCUT2D eigenvalue weighted by Crippen LogP contribution is 2.28. The molecule has 2 fully saturated rings. The summed E-state index contributed by atoms with van der Waals surface area (Å²) in [6.07, 6.45) is 7.34. The Morgan fingerprint density at radius 2 is 1.61 bits per heavy atom. The first-order valence-corrected chi connectivity index (χ1v) is 19.3. The Hall–Kier alpha value is -5.00. The van der Waals surface area contributed by atoms with Crippen molar-refractivity contribution >= 4 is 35.3 Å². The van der Waals surface area contributed by atoms with Gasteiger partial charge in [0.05, 0.1) is 6.04 Å². The maximum atomic E-state index is 14.4. The molecule has 2 heterocycles. The molecule has 12 nitrogen and oxygen atoms in total. The van der Waals surface area contributed by atoms with Gasteiger partial charge in [-0.2, -0.15) is 5.10 Å². The minimum Gasteiger partial charge on any atom is -0.444 e. The number of Topliss-reactive ketones (excluding diaryl/α,β-unsaturated/α-hetero) is 1. The molecule has 1 saturated heterocycles. The van der Waals surface area contributed by atoms with Crippen LogP contribution in [-0.4, -0.2) is 86.5 Å². The molecule has 3 atom stereocenters. The minimum atomic E-state index is -0.700. The van der Waals surface area contributed by atoms with Gasteiger partial charge in [-0.05, 0) is 81.7 Å². The second-order valence-electron chi connectivity index (χ2n) is 15.7. The first-order chi connectivity index (χ1) is 25.8. The lowest BCUT2D eigenvalue weighted by Gasteiger charge is -2.43. The summed E-state index contributed by atoms with van der Waals surface area (Å²) < 4.78 is 7.16. The third kappa shape index (κ3) is 11.0. The number of nitrogens with zero attached hydrogens (tertiary/aromatic N) is 4. The lowest BCUT2D eigenvalue weighted by molar-refractivity contribution is -0.142. The van der Waals surface area contributed by atoms with Gasteiger partial charge in [0.25, 0.3) is 5.91 Å². The van der Waals surface area contributed by atoms with Crippen LogP contribution >= 0.6 is 0 Å². The second kappa shape index (κ2) is 18.4. The molecule has 2 N–H and O–H groups in total. The van der Waals surface area contributed by atoms with E-state index in [1.54, 1.807) is 43.3 Å². The van der Waals surface area contributed by atoms with Crippen molar-refractivity contribution in [3.8, 4) is 0 Å². The average molecular weight is 741 g/mol. The van der Waals surface area contributed by atoms with E-state index >= 15 is 0 Å². The van der Waals surface area contributed by atoms with E-state index in [2.05, 4.69) is 15.7 Å². The van der Waals surface area contributed by atoms with Crippen LogP contribution in [0.15, 0.2) is 66.9 Å². The molecular weight excluding hydrogens is 684 g/mol. The number of aryl methyl sites for hydroxylation is 1. The molecule has 5 rings (SSSR count). The van der Waals surface area contributed by atoms with Crippen LogP contribution in [-0.2, 0) is 39.0 Å². The Kier molecular flexibility index (Phi) is 13.7. The maximum absolute atomic E-state index is 14.4. The van der Waals surface area contributed by atoms with Crippen LogP contribution < -0.4 is 10.6 Å². The summed E-state index contributed by atoms with van der Waals surface area (Å²) >= 11 is 0. The van der Waals surface area contributed by atoms with E-state index in [9.17, 15) is 24.0 Å². The fraction of sp³-hybridized carbons (Fsp3) is 0.524. The summed E-state index contributed by atoms with van der Waals surface area (Å²) in [5.41, 5.74) is 2.22. The number of amides is 4. The first-order valence-electron chi connectivity index (χ1n) is 19.3. The van der Waals surface area contributed by atoms with Crippen molar-refractivity contribution < 1.29 is 28.7 Å². The summed E-state index contributed by atoms with van der Waals surface area (Å²) in [5, 5.41) is 10.1. The summed E-state index contributed by atoms with van der Waals surface area (Å²) in [4.78, 5) is 70.7. The van der Waals surface area contributed by atoms with Crippen LogP contribution in [0.1, 0.15) is 94.3 Å². The number of carbonyl (C=O) groups is 5. The lowest BCUT2D eigenvalue weighted by Crippen LogP contribution is -2.59. The molecule has 0 spiro atoms. The van der Waals surface area contributed by atoms with E-state index in [1.165, 1.54) is 4.68 Å². The van der Waals surface area contributed by atoms with Crippen molar-refractivity contribution in [1.82, 2.24) is 24.9 Å². The molecule has 2 aromatic carbocycles. The number of anilines is 1. The van der Waals surface area contributed by atoms with Gasteiger partial charge in [0.1, 0.15) is 23.1 Å². The van der Waals surface area contributed by atoms with Crippen molar-refractivity contribution in [3.63, 3.8) is 0 Å². The summed E-state index contributed by atoms with van der Waals surface area (Å²) in [6.45, 7) is 8.29. The topological polar surface area (TPSA) is 143 Å². The van der Waals surface area contributed by atoms with Crippen LogP contribution in [0.2, 0.25) is 0 Å². The molecule has 1 saturated carbocycles. The van der Waals surface area contributed by atoms with Gasteiger partial charge in [-0.25, -0.2) is 4.79 Å². The predicted molar refractivity (Wildman–Crippen MR) is 207 cm³/mol. The number of benzene rings is 2. The standard InChI is InChI=1S/C42H56N6O6/c1-6-35(49)27-32(40(52)48-24-23-47(41(53)54-42(2,3)4)28-34(48)26-29-13-9-7-10-14-29)25-30-17-19-33(20-18-30)44-39(51)37(31-15-11-8-12-16-31)45-38(50)36-21-22-43-46(36)5/h7,9-10,13-14,17-22,31-32,34,37H,6,8,11-12,15-16,23-28H2,1-5H3,(H,44,51)(H,45,50).